The molecular formula is C20H26N6O3S. The zero-order chi connectivity index (χ0) is 21.5. The van der Waals surface area contributed by atoms with Gasteiger partial charge in [0.25, 0.3) is 0 Å². The number of hydrazine groups is 1. The van der Waals surface area contributed by atoms with Gasteiger partial charge in [0, 0.05) is 32.0 Å². The molecular weight excluding hydrogens is 404 g/mol. The van der Waals surface area contributed by atoms with Gasteiger partial charge in [-0.2, -0.15) is 0 Å². The molecule has 0 spiro atoms. The Morgan fingerprint density at radius 3 is 2.70 bits per heavy atom. The monoisotopic (exact) mass is 430 g/mol. The molecule has 30 heavy (non-hydrogen) atoms. The lowest BCUT2D eigenvalue weighted by atomic mass is 9.88. The number of nitrogens with one attached hydrogen (secondary N) is 4. The van der Waals surface area contributed by atoms with E-state index in [9.17, 15) is 13.2 Å². The summed E-state index contributed by atoms with van der Waals surface area (Å²) >= 11 is 0. The Hall–Kier alpha value is -2.69. The first-order valence-electron chi connectivity index (χ1n) is 9.77. The molecule has 9 nitrogen and oxygen atoms in total. The van der Waals surface area contributed by atoms with Gasteiger partial charge in [0.05, 0.1) is 28.8 Å². The third-order valence-corrected chi connectivity index (χ3v) is 6.63. The van der Waals surface area contributed by atoms with Crippen LogP contribution in [0.5, 0.6) is 0 Å². The number of benzene rings is 1. The number of sulfone groups is 1. The number of aromatic nitrogens is 1. The van der Waals surface area contributed by atoms with E-state index in [4.69, 9.17) is 0 Å². The van der Waals surface area contributed by atoms with Crippen LogP contribution in [0.25, 0.3) is 0 Å². The minimum absolute atomic E-state index is 0.0473. The van der Waals surface area contributed by atoms with Gasteiger partial charge in [0.2, 0.25) is 5.91 Å². The minimum Gasteiger partial charge on any atom is -0.380 e. The number of hydrogen-bond acceptors (Lipinski definition) is 8. The maximum absolute atomic E-state index is 12.8. The Morgan fingerprint density at radius 2 is 1.97 bits per heavy atom. The molecule has 4 rings (SSSR count). The Labute approximate surface area is 176 Å². The fourth-order valence-corrected chi connectivity index (χ4v) is 4.95. The highest BCUT2D eigenvalue weighted by Gasteiger charge is 2.48. The van der Waals surface area contributed by atoms with E-state index in [1.54, 1.807) is 37.5 Å². The Kier molecular flexibility index (Phi) is 5.39. The quantitative estimate of drug-likeness (QED) is 0.554. The Balaban J connectivity index is 1.62. The first-order valence-corrected chi connectivity index (χ1v) is 11.7. The number of piperidine rings is 1. The first-order chi connectivity index (χ1) is 14.2. The molecule has 2 aromatic rings. The summed E-state index contributed by atoms with van der Waals surface area (Å²) in [5.41, 5.74) is 4.74. The molecule has 3 heterocycles. The molecule has 2 saturated heterocycles. The number of para-hydroxylation sites is 1. The van der Waals surface area contributed by atoms with E-state index < -0.39 is 9.84 Å². The first kappa shape index (κ1) is 20.6. The highest BCUT2D eigenvalue weighted by atomic mass is 32.2. The van der Waals surface area contributed by atoms with Crippen molar-refractivity contribution in [1.82, 2.24) is 20.7 Å². The van der Waals surface area contributed by atoms with E-state index in [1.165, 1.54) is 11.3 Å². The van der Waals surface area contributed by atoms with Gasteiger partial charge in [0.15, 0.2) is 9.84 Å². The fourth-order valence-electron chi connectivity index (χ4n) is 4.10. The van der Waals surface area contributed by atoms with Crippen molar-refractivity contribution in [2.75, 3.05) is 23.9 Å². The molecule has 4 N–H and O–H groups in total. The average molecular weight is 431 g/mol. The summed E-state index contributed by atoms with van der Waals surface area (Å²) in [6, 6.07) is 10.4. The van der Waals surface area contributed by atoms with Gasteiger partial charge in [-0.25, -0.2) is 18.8 Å². The molecule has 10 heteroatoms. The fraction of sp³-hybridized carbons (Fsp3) is 0.400. The smallest absolute Gasteiger partial charge is 0.244 e. The van der Waals surface area contributed by atoms with Crippen LogP contribution in [0.3, 0.4) is 0 Å². The molecule has 2 aliphatic heterocycles. The second-order valence-corrected chi connectivity index (χ2v) is 9.85. The molecule has 1 aromatic heterocycles. The predicted molar refractivity (Wildman–Crippen MR) is 114 cm³/mol. The predicted octanol–water partition coefficient (Wildman–Crippen LogP) is 0.924. The summed E-state index contributed by atoms with van der Waals surface area (Å²) in [6.07, 6.45) is 3.02. The van der Waals surface area contributed by atoms with Gasteiger partial charge in [-0.3, -0.25) is 15.1 Å². The van der Waals surface area contributed by atoms with Crippen LogP contribution >= 0.6 is 0 Å². The van der Waals surface area contributed by atoms with E-state index in [1.807, 2.05) is 19.1 Å². The average Bonchev–Trinajstić information content (AvgIpc) is 2.95. The SMILES string of the molecule is Cc1ccnc(NC2CC(Nc3ccccc3S(C)(=O)=O)C3C(=O)N(C)NC3N2)c1. The van der Waals surface area contributed by atoms with Gasteiger partial charge in [-0.15, -0.1) is 0 Å². The summed E-state index contributed by atoms with van der Waals surface area (Å²) in [6.45, 7) is 2.00. The van der Waals surface area contributed by atoms with E-state index in [0.29, 0.717) is 12.1 Å². The number of anilines is 2. The highest BCUT2D eigenvalue weighted by molar-refractivity contribution is 7.90. The number of carbonyl (C=O) groups is 1. The maximum Gasteiger partial charge on any atom is 0.244 e. The van der Waals surface area contributed by atoms with Crippen LogP contribution in [0.15, 0.2) is 47.5 Å². The number of rotatable bonds is 5. The summed E-state index contributed by atoms with van der Waals surface area (Å²) in [7, 11) is -1.72. The molecule has 0 aliphatic carbocycles. The molecule has 160 valence electrons. The van der Waals surface area contributed by atoms with Gasteiger partial charge in [-0.05, 0) is 36.8 Å². The zero-order valence-corrected chi connectivity index (χ0v) is 17.9. The van der Waals surface area contributed by atoms with Gasteiger partial charge < -0.3 is 10.6 Å². The van der Waals surface area contributed by atoms with Crippen LogP contribution in [-0.2, 0) is 14.6 Å². The van der Waals surface area contributed by atoms with E-state index in [0.717, 1.165) is 11.4 Å². The lowest BCUT2D eigenvalue weighted by Crippen LogP contribution is -2.61. The molecule has 0 saturated carbocycles. The zero-order valence-electron chi connectivity index (χ0n) is 17.1. The number of nitrogens with zero attached hydrogens (tertiary/aromatic N) is 2. The summed E-state index contributed by atoms with van der Waals surface area (Å²) < 4.78 is 24.4. The van der Waals surface area contributed by atoms with Crippen molar-refractivity contribution >= 4 is 27.2 Å². The summed E-state index contributed by atoms with van der Waals surface area (Å²) in [5.74, 6) is 0.305. The molecule has 0 bridgehead atoms. The summed E-state index contributed by atoms with van der Waals surface area (Å²) in [4.78, 5) is 17.3. The highest BCUT2D eigenvalue weighted by Crippen LogP contribution is 2.31. The van der Waals surface area contributed by atoms with Crippen molar-refractivity contribution < 1.29 is 13.2 Å². The van der Waals surface area contributed by atoms with Crippen LogP contribution in [0.1, 0.15) is 12.0 Å². The van der Waals surface area contributed by atoms with Gasteiger partial charge in [0.1, 0.15) is 5.82 Å². The van der Waals surface area contributed by atoms with Crippen LogP contribution in [-0.4, -0.2) is 56.0 Å². The van der Waals surface area contributed by atoms with Crippen LogP contribution < -0.4 is 21.4 Å². The van der Waals surface area contributed by atoms with Gasteiger partial charge >= 0.3 is 0 Å². The topological polar surface area (TPSA) is 115 Å². The number of fused-ring (bicyclic) bond motifs is 1. The molecule has 4 unspecified atom stereocenters. The molecule has 2 aliphatic rings. The molecule has 2 fully saturated rings. The normalized spacial score (nSPS) is 26.4. The van der Waals surface area contributed by atoms with Crippen molar-refractivity contribution in [3.63, 3.8) is 0 Å². The van der Waals surface area contributed by atoms with Crippen molar-refractivity contribution in [1.29, 1.82) is 0 Å². The third-order valence-electron chi connectivity index (χ3n) is 5.48. The molecule has 0 radical (unpaired) electrons. The van der Waals surface area contributed by atoms with Crippen LogP contribution in [0.4, 0.5) is 11.5 Å². The lowest BCUT2D eigenvalue weighted by molar-refractivity contribution is -0.131. The van der Waals surface area contributed by atoms with E-state index >= 15 is 0 Å². The number of aryl methyl sites for hydroxylation is 1. The molecule has 1 aromatic carbocycles. The largest absolute Gasteiger partial charge is 0.380 e. The second-order valence-electron chi connectivity index (χ2n) is 7.87. The lowest BCUT2D eigenvalue weighted by Gasteiger charge is -2.39. The van der Waals surface area contributed by atoms with Crippen LogP contribution in [0.2, 0.25) is 0 Å². The van der Waals surface area contributed by atoms with Gasteiger partial charge in [-0.1, -0.05) is 12.1 Å². The number of hydrogen-bond donors (Lipinski definition) is 4. The van der Waals surface area contributed by atoms with E-state index in [2.05, 4.69) is 26.4 Å². The van der Waals surface area contributed by atoms with Crippen molar-refractivity contribution in [2.24, 2.45) is 5.92 Å². The van der Waals surface area contributed by atoms with E-state index in [-0.39, 0.29) is 35.1 Å². The minimum atomic E-state index is -3.41. The Bertz CT molecular complexity index is 1060. The molecule has 4 atom stereocenters. The number of pyridine rings is 1. The summed E-state index contributed by atoms with van der Waals surface area (Å²) in [5, 5.41) is 11.6. The second kappa shape index (κ2) is 7.86. The third kappa shape index (κ3) is 4.11. The standard InChI is InChI=1S/C20H26N6O3S/c1-12-8-9-21-16(10-12)23-17-11-14(18-19(24-17)25-26(2)20(18)27)22-13-6-4-5-7-15(13)30(3,28)29/h4-10,14,17-19,22,24-25H,11H2,1-3H3,(H,21,23). The van der Waals surface area contributed by atoms with Crippen LogP contribution in [0, 0.1) is 12.8 Å². The Morgan fingerprint density at radius 1 is 1.20 bits per heavy atom. The molecule has 1 amide bonds. The van der Waals surface area contributed by atoms with Crippen molar-refractivity contribution in [2.45, 2.75) is 36.6 Å². The van der Waals surface area contributed by atoms with Crippen molar-refractivity contribution in [3.8, 4) is 0 Å². The maximum atomic E-state index is 12.8. The van der Waals surface area contributed by atoms with Crippen molar-refractivity contribution in [3.05, 3.63) is 48.2 Å². The number of amides is 1. The number of carbonyl (C=O) groups excluding carboxylic acids is 1.